The topological polar surface area (TPSA) is 30.5 Å². The molecule has 0 aliphatic heterocycles. The van der Waals surface area contributed by atoms with Crippen LogP contribution in [0.15, 0.2) is 35.0 Å². The lowest BCUT2D eigenvalue weighted by Crippen LogP contribution is -2.12. The molecule has 0 unspecified atom stereocenters. The van der Waals surface area contributed by atoms with Crippen molar-refractivity contribution >= 4 is 11.3 Å². The molecular formula is C17H23NO2S. The molecule has 1 aromatic heterocycles. The highest BCUT2D eigenvalue weighted by Gasteiger charge is 2.06. The molecule has 1 N–H and O–H groups in total. The molecule has 0 amide bonds. The minimum Gasteiger partial charge on any atom is -0.490 e. The van der Waals surface area contributed by atoms with Crippen molar-refractivity contribution in [3.8, 4) is 11.5 Å². The molecule has 0 bridgehead atoms. The fourth-order valence-electron chi connectivity index (χ4n) is 2.03. The summed E-state index contributed by atoms with van der Waals surface area (Å²) in [7, 11) is 0. The average molecular weight is 305 g/mol. The molecule has 0 atom stereocenters. The molecule has 2 aromatic rings. The number of thiophene rings is 1. The van der Waals surface area contributed by atoms with Gasteiger partial charge in [-0.3, -0.25) is 0 Å². The Bertz CT molecular complexity index is 526. The van der Waals surface area contributed by atoms with E-state index in [0.717, 1.165) is 31.0 Å². The lowest BCUT2D eigenvalue weighted by atomic mass is 10.2. The van der Waals surface area contributed by atoms with E-state index in [1.807, 2.05) is 13.0 Å². The zero-order chi connectivity index (χ0) is 14.9. The third kappa shape index (κ3) is 5.06. The van der Waals surface area contributed by atoms with E-state index >= 15 is 0 Å². The third-order valence-electron chi connectivity index (χ3n) is 3.12. The molecule has 0 radical (unpaired) electrons. The van der Waals surface area contributed by atoms with E-state index in [0.29, 0.717) is 13.2 Å². The number of ether oxygens (including phenoxy) is 2. The highest BCUT2D eigenvalue weighted by atomic mass is 32.1. The lowest BCUT2D eigenvalue weighted by molar-refractivity contribution is 0.279. The molecule has 1 heterocycles. The van der Waals surface area contributed by atoms with Crippen molar-refractivity contribution in [3.05, 3.63) is 46.2 Å². The second-order valence-corrected chi connectivity index (χ2v) is 5.50. The molecule has 0 saturated heterocycles. The molecule has 114 valence electrons. The first-order valence-electron chi connectivity index (χ1n) is 7.43. The highest BCUT2D eigenvalue weighted by molar-refractivity contribution is 7.07. The van der Waals surface area contributed by atoms with Crippen LogP contribution in [0.3, 0.4) is 0 Å². The molecule has 2 rings (SSSR count). The van der Waals surface area contributed by atoms with Crippen LogP contribution in [0.2, 0.25) is 0 Å². The molecule has 1 aromatic carbocycles. The molecule has 0 fully saturated rings. The maximum Gasteiger partial charge on any atom is 0.161 e. The minimum atomic E-state index is 0.644. The molecule has 3 nitrogen and oxygen atoms in total. The lowest BCUT2D eigenvalue weighted by Gasteiger charge is -2.13. The van der Waals surface area contributed by atoms with Gasteiger partial charge in [0.05, 0.1) is 13.2 Å². The van der Waals surface area contributed by atoms with E-state index in [2.05, 4.69) is 41.2 Å². The van der Waals surface area contributed by atoms with E-state index in [1.165, 1.54) is 11.1 Å². The van der Waals surface area contributed by atoms with Crippen molar-refractivity contribution in [1.82, 2.24) is 5.32 Å². The molecule has 0 aliphatic carbocycles. The summed E-state index contributed by atoms with van der Waals surface area (Å²) in [6.07, 6.45) is 0.925. The summed E-state index contributed by atoms with van der Waals surface area (Å²) >= 11 is 1.72. The van der Waals surface area contributed by atoms with Crippen LogP contribution in [0.1, 0.15) is 25.0 Å². The first kappa shape index (κ1) is 15.9. The predicted octanol–water partition coefficient (Wildman–Crippen LogP) is 3.88. The van der Waals surface area contributed by atoms with Gasteiger partial charge in [0.15, 0.2) is 11.5 Å². The van der Waals surface area contributed by atoms with Crippen molar-refractivity contribution < 1.29 is 9.47 Å². The Kier molecular flexibility index (Phi) is 6.57. The maximum atomic E-state index is 5.88. The highest BCUT2D eigenvalue weighted by Crippen LogP contribution is 2.28. The van der Waals surface area contributed by atoms with Crippen LogP contribution in [0.4, 0.5) is 0 Å². The summed E-state index contributed by atoms with van der Waals surface area (Å²) in [4.78, 5) is 0. The van der Waals surface area contributed by atoms with E-state index in [1.54, 1.807) is 11.3 Å². The number of nitrogens with one attached hydrogen (secondary N) is 1. The van der Waals surface area contributed by atoms with Crippen LogP contribution >= 0.6 is 11.3 Å². The van der Waals surface area contributed by atoms with Crippen LogP contribution < -0.4 is 14.8 Å². The Labute approximate surface area is 130 Å². The molecular weight excluding hydrogens is 282 g/mol. The first-order valence-corrected chi connectivity index (χ1v) is 8.38. The fourth-order valence-corrected chi connectivity index (χ4v) is 2.74. The Balaban J connectivity index is 1.96. The molecule has 21 heavy (non-hydrogen) atoms. The quantitative estimate of drug-likeness (QED) is 0.762. The van der Waals surface area contributed by atoms with Crippen molar-refractivity contribution in [2.45, 2.75) is 26.8 Å². The number of benzene rings is 1. The van der Waals surface area contributed by atoms with Crippen molar-refractivity contribution in [1.29, 1.82) is 0 Å². The third-order valence-corrected chi connectivity index (χ3v) is 3.85. The van der Waals surface area contributed by atoms with Gasteiger partial charge in [-0.2, -0.15) is 11.3 Å². The monoisotopic (exact) mass is 305 g/mol. The summed E-state index contributed by atoms with van der Waals surface area (Å²) in [5, 5.41) is 7.57. The van der Waals surface area contributed by atoms with E-state index in [-0.39, 0.29) is 0 Å². The van der Waals surface area contributed by atoms with Gasteiger partial charge >= 0.3 is 0 Å². The summed E-state index contributed by atoms with van der Waals surface area (Å²) in [6, 6.07) is 8.29. The molecule has 0 spiro atoms. The summed E-state index contributed by atoms with van der Waals surface area (Å²) in [6.45, 7) is 7.22. The molecule has 0 saturated carbocycles. The average Bonchev–Trinajstić information content (AvgIpc) is 3.00. The largest absolute Gasteiger partial charge is 0.490 e. The number of hydrogen-bond acceptors (Lipinski definition) is 4. The molecule has 0 aliphatic rings. The van der Waals surface area contributed by atoms with Gasteiger partial charge in [-0.05, 0) is 53.6 Å². The van der Waals surface area contributed by atoms with Crippen LogP contribution in [0, 0.1) is 0 Å². The standard InChI is InChI=1S/C17H23NO2S/c1-3-18-12-15-5-6-16(17(11-15)19-4-2)20-9-7-14-8-10-21-13-14/h5-6,8,10-11,13,18H,3-4,7,9,12H2,1-2H3. The fraction of sp³-hybridized carbons (Fsp3) is 0.412. The van der Waals surface area contributed by atoms with Gasteiger partial charge in [0.2, 0.25) is 0 Å². The molecule has 4 heteroatoms. The normalized spacial score (nSPS) is 10.6. The van der Waals surface area contributed by atoms with Crippen LogP contribution in [-0.2, 0) is 13.0 Å². The van der Waals surface area contributed by atoms with Crippen molar-refractivity contribution in [2.24, 2.45) is 0 Å². The predicted molar refractivity (Wildman–Crippen MR) is 88.5 cm³/mol. The van der Waals surface area contributed by atoms with Crippen LogP contribution in [-0.4, -0.2) is 19.8 Å². The first-order chi connectivity index (χ1) is 10.3. The van der Waals surface area contributed by atoms with Gasteiger partial charge < -0.3 is 14.8 Å². The maximum absolute atomic E-state index is 5.88. The summed E-state index contributed by atoms with van der Waals surface area (Å²) in [5.41, 5.74) is 2.53. The van der Waals surface area contributed by atoms with Gasteiger partial charge in [-0.1, -0.05) is 13.0 Å². The van der Waals surface area contributed by atoms with Crippen molar-refractivity contribution in [3.63, 3.8) is 0 Å². The second kappa shape index (κ2) is 8.70. The smallest absolute Gasteiger partial charge is 0.161 e. The Morgan fingerprint density at radius 2 is 1.95 bits per heavy atom. The number of rotatable bonds is 9. The zero-order valence-electron chi connectivity index (χ0n) is 12.7. The number of hydrogen-bond donors (Lipinski definition) is 1. The van der Waals surface area contributed by atoms with Crippen molar-refractivity contribution in [2.75, 3.05) is 19.8 Å². The van der Waals surface area contributed by atoms with Gasteiger partial charge in [0, 0.05) is 13.0 Å². The van der Waals surface area contributed by atoms with E-state index in [4.69, 9.17) is 9.47 Å². The summed E-state index contributed by atoms with van der Waals surface area (Å²) < 4.78 is 11.6. The van der Waals surface area contributed by atoms with Gasteiger partial charge in [-0.25, -0.2) is 0 Å². The minimum absolute atomic E-state index is 0.644. The van der Waals surface area contributed by atoms with Gasteiger partial charge in [-0.15, -0.1) is 0 Å². The SMILES string of the molecule is CCNCc1ccc(OCCc2ccsc2)c(OCC)c1. The van der Waals surface area contributed by atoms with Crippen LogP contribution in [0.5, 0.6) is 11.5 Å². The van der Waals surface area contributed by atoms with Gasteiger partial charge in [0.25, 0.3) is 0 Å². The van der Waals surface area contributed by atoms with E-state index < -0.39 is 0 Å². The summed E-state index contributed by atoms with van der Waals surface area (Å²) in [5.74, 6) is 1.66. The Morgan fingerprint density at radius 1 is 1.05 bits per heavy atom. The second-order valence-electron chi connectivity index (χ2n) is 4.72. The Hall–Kier alpha value is -1.52. The van der Waals surface area contributed by atoms with Gasteiger partial charge in [0.1, 0.15) is 0 Å². The zero-order valence-corrected chi connectivity index (χ0v) is 13.5. The van der Waals surface area contributed by atoms with E-state index in [9.17, 15) is 0 Å². The Morgan fingerprint density at radius 3 is 2.67 bits per heavy atom. The van der Waals surface area contributed by atoms with Crippen LogP contribution in [0.25, 0.3) is 0 Å².